The van der Waals surface area contributed by atoms with Gasteiger partial charge in [-0.2, -0.15) is 0 Å². The summed E-state index contributed by atoms with van der Waals surface area (Å²) in [5, 5.41) is 0. The van der Waals surface area contributed by atoms with E-state index in [1.165, 1.54) is 0 Å². The molecule has 0 atom stereocenters. The van der Waals surface area contributed by atoms with Crippen LogP contribution < -0.4 is 5.43 Å². The lowest BCUT2D eigenvalue weighted by atomic mass is 10.2. The van der Waals surface area contributed by atoms with E-state index in [2.05, 4.69) is 0 Å². The van der Waals surface area contributed by atoms with Crippen LogP contribution >= 0.6 is 0 Å². The molecule has 0 aliphatic rings. The highest BCUT2D eigenvalue weighted by molar-refractivity contribution is 5.89. The van der Waals surface area contributed by atoms with Crippen LogP contribution in [0, 0.1) is 0 Å². The summed E-state index contributed by atoms with van der Waals surface area (Å²) >= 11 is 0. The van der Waals surface area contributed by atoms with Gasteiger partial charge < -0.3 is 13.9 Å². The van der Waals surface area contributed by atoms with Gasteiger partial charge in [0.1, 0.15) is 11.2 Å². The summed E-state index contributed by atoms with van der Waals surface area (Å²) in [6, 6.07) is 1.95. The molecule has 1 aromatic rings. The minimum atomic E-state index is -0.815. The molecule has 0 fully saturated rings. The van der Waals surface area contributed by atoms with Gasteiger partial charge in [-0.25, -0.2) is 9.59 Å². The van der Waals surface area contributed by atoms with E-state index in [0.29, 0.717) is 0 Å². The molecule has 0 radical (unpaired) electrons. The van der Waals surface area contributed by atoms with Crippen molar-refractivity contribution < 1.29 is 23.5 Å². The Hall–Kier alpha value is -2.11. The second-order valence-electron chi connectivity index (χ2n) is 6.53. The summed E-state index contributed by atoms with van der Waals surface area (Å²) in [5.41, 5.74) is -2.02. The molecule has 0 bridgehead atoms. The molecule has 0 saturated carbocycles. The van der Waals surface area contributed by atoms with E-state index in [4.69, 9.17) is 13.9 Å². The molecule has 116 valence electrons. The predicted octanol–water partition coefficient (Wildman–Crippen LogP) is 2.55. The fourth-order valence-corrected chi connectivity index (χ4v) is 1.34. The van der Waals surface area contributed by atoms with Crippen molar-refractivity contribution in [1.82, 2.24) is 0 Å². The van der Waals surface area contributed by atoms with Gasteiger partial charge >= 0.3 is 11.9 Å². The van der Waals surface area contributed by atoms with Crippen molar-refractivity contribution in [3.8, 4) is 0 Å². The van der Waals surface area contributed by atoms with E-state index in [-0.39, 0.29) is 11.5 Å². The third-order valence-electron chi connectivity index (χ3n) is 1.97. The Kier molecular flexibility index (Phi) is 4.61. The number of hydrogen-bond donors (Lipinski definition) is 0. The largest absolute Gasteiger partial charge is 0.454 e. The topological polar surface area (TPSA) is 82.8 Å². The number of carbonyl (C=O) groups excluding carboxylic acids is 2. The van der Waals surface area contributed by atoms with Crippen LogP contribution in [-0.4, -0.2) is 23.1 Å². The molecule has 1 aromatic heterocycles. The van der Waals surface area contributed by atoms with Crippen LogP contribution in [0.25, 0.3) is 0 Å². The maximum Gasteiger partial charge on any atom is 0.374 e. The predicted molar refractivity (Wildman–Crippen MR) is 75.3 cm³/mol. The highest BCUT2D eigenvalue weighted by atomic mass is 16.6. The third kappa shape index (κ3) is 5.81. The lowest BCUT2D eigenvalue weighted by Gasteiger charge is -2.20. The highest BCUT2D eigenvalue weighted by Crippen LogP contribution is 2.15. The third-order valence-corrected chi connectivity index (χ3v) is 1.97. The Morgan fingerprint density at radius 1 is 0.857 bits per heavy atom. The van der Waals surface area contributed by atoms with Crippen molar-refractivity contribution in [2.75, 3.05) is 0 Å². The molecule has 0 N–H and O–H groups in total. The van der Waals surface area contributed by atoms with Crippen LogP contribution in [0.15, 0.2) is 21.3 Å². The van der Waals surface area contributed by atoms with Gasteiger partial charge in [-0.15, -0.1) is 0 Å². The summed E-state index contributed by atoms with van der Waals surface area (Å²) < 4.78 is 15.3. The highest BCUT2D eigenvalue weighted by Gasteiger charge is 2.24. The Morgan fingerprint density at radius 3 is 1.48 bits per heavy atom. The van der Waals surface area contributed by atoms with Crippen molar-refractivity contribution >= 4 is 11.9 Å². The van der Waals surface area contributed by atoms with Crippen LogP contribution in [0.1, 0.15) is 62.7 Å². The smallest absolute Gasteiger partial charge is 0.374 e. The lowest BCUT2D eigenvalue weighted by Crippen LogP contribution is -2.26. The minimum Gasteiger partial charge on any atom is -0.454 e. The van der Waals surface area contributed by atoms with Gasteiger partial charge in [0, 0.05) is 12.1 Å². The summed E-state index contributed by atoms with van der Waals surface area (Å²) in [6.45, 7) is 10.1. The Labute approximate surface area is 123 Å². The molecule has 0 saturated heterocycles. The fraction of sp³-hybridized carbons (Fsp3) is 0.533. The van der Waals surface area contributed by atoms with Gasteiger partial charge in [0.05, 0.1) is 0 Å². The average Bonchev–Trinajstić information content (AvgIpc) is 2.23. The molecule has 1 rings (SSSR count). The first kappa shape index (κ1) is 16.9. The number of ether oxygens (including phenoxy) is 2. The van der Waals surface area contributed by atoms with Crippen LogP contribution in [-0.2, 0) is 9.47 Å². The molecular weight excluding hydrogens is 276 g/mol. The molecule has 0 spiro atoms. The van der Waals surface area contributed by atoms with E-state index in [0.717, 1.165) is 12.1 Å². The SMILES string of the molecule is CC(C)(C)OC(=O)c1cc(=O)cc(C(=O)OC(C)(C)C)o1. The van der Waals surface area contributed by atoms with Gasteiger partial charge in [-0.3, -0.25) is 4.79 Å². The van der Waals surface area contributed by atoms with E-state index in [9.17, 15) is 14.4 Å². The molecule has 0 unspecified atom stereocenters. The molecule has 0 aliphatic heterocycles. The normalized spacial score (nSPS) is 11.9. The average molecular weight is 296 g/mol. The second-order valence-corrected chi connectivity index (χ2v) is 6.53. The molecule has 6 nitrogen and oxygen atoms in total. The van der Waals surface area contributed by atoms with E-state index < -0.39 is 28.6 Å². The number of esters is 2. The van der Waals surface area contributed by atoms with Crippen LogP contribution in [0.4, 0.5) is 0 Å². The van der Waals surface area contributed by atoms with Gasteiger partial charge in [0.2, 0.25) is 11.5 Å². The molecule has 6 heteroatoms. The summed E-state index contributed by atoms with van der Waals surface area (Å²) in [6.07, 6.45) is 0. The summed E-state index contributed by atoms with van der Waals surface area (Å²) in [7, 11) is 0. The standard InChI is InChI=1S/C15H20O6/c1-14(2,3)20-12(17)10-7-9(16)8-11(19-10)13(18)21-15(4,5)6/h7-8H,1-6H3. The van der Waals surface area contributed by atoms with Gasteiger partial charge in [-0.05, 0) is 41.5 Å². The quantitative estimate of drug-likeness (QED) is 0.780. The van der Waals surface area contributed by atoms with Crippen molar-refractivity contribution in [2.45, 2.75) is 52.7 Å². The second kappa shape index (κ2) is 5.71. The minimum absolute atomic E-state index is 0.335. The van der Waals surface area contributed by atoms with E-state index in [1.54, 1.807) is 41.5 Å². The Morgan fingerprint density at radius 2 is 1.19 bits per heavy atom. The monoisotopic (exact) mass is 296 g/mol. The molecule has 0 aliphatic carbocycles. The maximum atomic E-state index is 11.9. The first-order chi connectivity index (χ1) is 9.37. The summed E-state index contributed by atoms with van der Waals surface area (Å²) in [4.78, 5) is 35.3. The molecule has 0 amide bonds. The Bertz CT molecular complexity index is 549. The van der Waals surface area contributed by atoms with Crippen molar-refractivity contribution in [3.63, 3.8) is 0 Å². The molecule has 0 aromatic carbocycles. The zero-order chi connectivity index (χ0) is 16.4. The molecule has 21 heavy (non-hydrogen) atoms. The zero-order valence-electron chi connectivity index (χ0n) is 13.1. The van der Waals surface area contributed by atoms with Crippen LogP contribution in [0.5, 0.6) is 0 Å². The molecular formula is C15H20O6. The number of carbonyl (C=O) groups is 2. The first-order valence-electron chi connectivity index (χ1n) is 6.49. The zero-order valence-corrected chi connectivity index (χ0v) is 13.1. The number of hydrogen-bond acceptors (Lipinski definition) is 6. The van der Waals surface area contributed by atoms with Crippen LogP contribution in [0.3, 0.4) is 0 Å². The van der Waals surface area contributed by atoms with E-state index in [1.807, 2.05) is 0 Å². The van der Waals surface area contributed by atoms with Gasteiger partial charge in [0.25, 0.3) is 0 Å². The van der Waals surface area contributed by atoms with Crippen molar-refractivity contribution in [3.05, 3.63) is 33.9 Å². The first-order valence-corrected chi connectivity index (χ1v) is 6.49. The van der Waals surface area contributed by atoms with Crippen LogP contribution in [0.2, 0.25) is 0 Å². The van der Waals surface area contributed by atoms with Gasteiger partial charge in [0.15, 0.2) is 5.43 Å². The Balaban J connectivity index is 3.08. The maximum absolute atomic E-state index is 11.9. The van der Waals surface area contributed by atoms with Crippen molar-refractivity contribution in [1.29, 1.82) is 0 Å². The lowest BCUT2D eigenvalue weighted by molar-refractivity contribution is -0.0000746. The molecule has 1 heterocycles. The number of rotatable bonds is 2. The summed E-state index contributed by atoms with van der Waals surface area (Å²) in [5.74, 6) is -2.30. The van der Waals surface area contributed by atoms with E-state index >= 15 is 0 Å². The van der Waals surface area contributed by atoms with Crippen molar-refractivity contribution in [2.24, 2.45) is 0 Å². The van der Waals surface area contributed by atoms with Gasteiger partial charge in [-0.1, -0.05) is 0 Å². The fourth-order valence-electron chi connectivity index (χ4n) is 1.34.